The van der Waals surface area contributed by atoms with Gasteiger partial charge in [-0.3, -0.25) is 9.89 Å². The maximum absolute atomic E-state index is 12.9. The zero-order valence-corrected chi connectivity index (χ0v) is 14.7. The van der Waals surface area contributed by atoms with Gasteiger partial charge in [-0.15, -0.1) is 0 Å². The van der Waals surface area contributed by atoms with Crippen LogP contribution in [0, 0.1) is 18.7 Å². The molecule has 1 amide bonds. The van der Waals surface area contributed by atoms with Crippen LogP contribution in [0.5, 0.6) is 5.75 Å². The predicted octanol–water partition coefficient (Wildman–Crippen LogP) is 3.35. The van der Waals surface area contributed by atoms with E-state index in [-0.39, 0.29) is 17.6 Å². The Hall–Kier alpha value is -2.37. The molecule has 0 saturated carbocycles. The minimum atomic E-state index is -0.275. The number of hydrogen-bond donors (Lipinski definition) is 1. The van der Waals surface area contributed by atoms with Gasteiger partial charge < -0.3 is 9.64 Å². The van der Waals surface area contributed by atoms with Crippen LogP contribution in [0.2, 0.25) is 0 Å². The van der Waals surface area contributed by atoms with E-state index in [9.17, 15) is 9.18 Å². The van der Waals surface area contributed by atoms with Gasteiger partial charge in [-0.25, -0.2) is 4.39 Å². The molecule has 1 fully saturated rings. The van der Waals surface area contributed by atoms with E-state index in [4.69, 9.17) is 4.74 Å². The van der Waals surface area contributed by atoms with Crippen LogP contribution in [-0.2, 0) is 6.42 Å². The number of aromatic nitrogens is 2. The Balaban J connectivity index is 1.59. The van der Waals surface area contributed by atoms with Crippen molar-refractivity contribution >= 4 is 5.91 Å². The number of nitrogens with zero attached hydrogens (tertiary/aromatic N) is 2. The fraction of sp³-hybridized carbons (Fsp3) is 0.474. The molecular weight excluding hydrogens is 321 g/mol. The highest BCUT2D eigenvalue weighted by molar-refractivity contribution is 5.94. The maximum atomic E-state index is 12.9. The number of halogens is 1. The summed E-state index contributed by atoms with van der Waals surface area (Å²) in [5, 5.41) is 7.16. The number of benzene rings is 1. The molecule has 25 heavy (non-hydrogen) atoms. The van der Waals surface area contributed by atoms with Crippen LogP contribution >= 0.6 is 0 Å². The van der Waals surface area contributed by atoms with Gasteiger partial charge in [0.1, 0.15) is 11.6 Å². The highest BCUT2D eigenvalue weighted by Crippen LogP contribution is 2.22. The van der Waals surface area contributed by atoms with E-state index in [2.05, 4.69) is 10.2 Å². The summed E-state index contributed by atoms with van der Waals surface area (Å²) in [6, 6.07) is 6.02. The summed E-state index contributed by atoms with van der Waals surface area (Å²) in [6.07, 6.45) is 2.80. The number of rotatable bonds is 5. The lowest BCUT2D eigenvalue weighted by Gasteiger charge is -2.32. The first-order valence-electron chi connectivity index (χ1n) is 8.80. The van der Waals surface area contributed by atoms with Crippen molar-refractivity contribution in [2.24, 2.45) is 5.92 Å². The lowest BCUT2D eigenvalue weighted by atomic mass is 9.98. The minimum absolute atomic E-state index is 0.0140. The number of carbonyl (C=O) groups is 1. The molecular formula is C19H24FN3O2. The van der Waals surface area contributed by atoms with Crippen LogP contribution < -0.4 is 4.74 Å². The predicted molar refractivity (Wildman–Crippen MR) is 93.2 cm³/mol. The van der Waals surface area contributed by atoms with Gasteiger partial charge in [0.15, 0.2) is 5.69 Å². The molecule has 1 aliphatic heterocycles. The van der Waals surface area contributed by atoms with Crippen molar-refractivity contribution in [3.05, 3.63) is 47.0 Å². The Morgan fingerprint density at radius 1 is 1.40 bits per heavy atom. The van der Waals surface area contributed by atoms with Crippen molar-refractivity contribution in [2.45, 2.75) is 33.1 Å². The second-order valence-corrected chi connectivity index (χ2v) is 6.55. The standard InChI is InChI=1S/C19H24FN3O2/c1-3-17-13(2)18(22-21-17)19(24)23-10-4-5-14(11-23)12-25-16-8-6-15(20)7-9-16/h6-9,14H,3-5,10-12H2,1-2H3,(H,21,22)/t14-/m1/s1. The second-order valence-electron chi connectivity index (χ2n) is 6.55. The molecule has 0 bridgehead atoms. The fourth-order valence-corrected chi connectivity index (χ4v) is 3.27. The van der Waals surface area contributed by atoms with Gasteiger partial charge >= 0.3 is 0 Å². The number of piperidine rings is 1. The number of likely N-dealkylation sites (tertiary alicyclic amines) is 1. The smallest absolute Gasteiger partial charge is 0.274 e. The summed E-state index contributed by atoms with van der Waals surface area (Å²) in [5.41, 5.74) is 2.48. The van der Waals surface area contributed by atoms with Gasteiger partial charge in [-0.2, -0.15) is 5.10 Å². The molecule has 3 rings (SSSR count). The first-order valence-corrected chi connectivity index (χ1v) is 8.80. The maximum Gasteiger partial charge on any atom is 0.274 e. The monoisotopic (exact) mass is 345 g/mol. The minimum Gasteiger partial charge on any atom is -0.493 e. The van der Waals surface area contributed by atoms with E-state index in [0.717, 1.165) is 37.1 Å². The SMILES string of the molecule is CCc1[nH]nc(C(=O)N2CCC[C@@H](COc3ccc(F)cc3)C2)c1C. The molecule has 2 aromatic rings. The number of amides is 1. The third-order valence-corrected chi connectivity index (χ3v) is 4.77. The molecule has 1 aromatic carbocycles. The van der Waals surface area contributed by atoms with E-state index >= 15 is 0 Å². The van der Waals surface area contributed by atoms with Gasteiger partial charge in [-0.05, 0) is 50.5 Å². The number of hydrogen-bond acceptors (Lipinski definition) is 3. The molecule has 1 aliphatic rings. The molecule has 1 aromatic heterocycles. The van der Waals surface area contributed by atoms with Crippen molar-refractivity contribution in [3.63, 3.8) is 0 Å². The molecule has 0 aliphatic carbocycles. The van der Waals surface area contributed by atoms with E-state index in [1.54, 1.807) is 12.1 Å². The molecule has 134 valence electrons. The summed E-state index contributed by atoms with van der Waals surface area (Å²) in [6.45, 7) is 5.91. The number of carbonyl (C=O) groups excluding carboxylic acids is 1. The van der Waals surface area contributed by atoms with Crippen LogP contribution in [0.25, 0.3) is 0 Å². The van der Waals surface area contributed by atoms with Gasteiger partial charge in [0.2, 0.25) is 0 Å². The zero-order chi connectivity index (χ0) is 17.8. The molecule has 0 radical (unpaired) electrons. The van der Waals surface area contributed by atoms with Crippen LogP contribution in [0.1, 0.15) is 41.5 Å². The molecule has 5 nitrogen and oxygen atoms in total. The Morgan fingerprint density at radius 2 is 2.16 bits per heavy atom. The molecule has 6 heteroatoms. The van der Waals surface area contributed by atoms with Gasteiger partial charge in [0.25, 0.3) is 5.91 Å². The molecule has 2 heterocycles. The zero-order valence-electron chi connectivity index (χ0n) is 14.7. The number of ether oxygens (including phenoxy) is 1. The summed E-state index contributed by atoms with van der Waals surface area (Å²) in [5.74, 6) is 0.635. The van der Waals surface area contributed by atoms with Crippen LogP contribution in [0.4, 0.5) is 4.39 Å². The number of aryl methyl sites for hydroxylation is 1. The van der Waals surface area contributed by atoms with Crippen molar-refractivity contribution in [2.75, 3.05) is 19.7 Å². The summed E-state index contributed by atoms with van der Waals surface area (Å²) in [7, 11) is 0. The first kappa shape index (κ1) is 17.5. The highest BCUT2D eigenvalue weighted by atomic mass is 19.1. The lowest BCUT2D eigenvalue weighted by Crippen LogP contribution is -2.42. The van der Waals surface area contributed by atoms with Crippen molar-refractivity contribution in [1.82, 2.24) is 15.1 Å². The normalized spacial score (nSPS) is 17.6. The average Bonchev–Trinajstić information content (AvgIpc) is 3.01. The molecule has 1 N–H and O–H groups in total. The number of aromatic amines is 1. The summed E-state index contributed by atoms with van der Waals surface area (Å²) >= 11 is 0. The number of nitrogens with one attached hydrogen (secondary N) is 1. The Morgan fingerprint density at radius 3 is 2.84 bits per heavy atom. The van der Waals surface area contributed by atoms with Crippen molar-refractivity contribution in [3.8, 4) is 5.75 Å². The average molecular weight is 345 g/mol. The third kappa shape index (κ3) is 4.00. The van der Waals surface area contributed by atoms with E-state index in [1.807, 2.05) is 18.7 Å². The van der Waals surface area contributed by atoms with Gasteiger partial charge in [-0.1, -0.05) is 6.92 Å². The molecule has 1 atom stereocenters. The fourth-order valence-electron chi connectivity index (χ4n) is 3.27. The largest absolute Gasteiger partial charge is 0.493 e. The van der Waals surface area contributed by atoms with E-state index < -0.39 is 0 Å². The second kappa shape index (κ2) is 7.68. The van der Waals surface area contributed by atoms with E-state index in [0.29, 0.717) is 24.6 Å². The first-order chi connectivity index (χ1) is 12.1. The van der Waals surface area contributed by atoms with Crippen LogP contribution in [-0.4, -0.2) is 40.7 Å². The van der Waals surface area contributed by atoms with E-state index in [1.165, 1.54) is 12.1 Å². The highest BCUT2D eigenvalue weighted by Gasteiger charge is 2.27. The quantitative estimate of drug-likeness (QED) is 0.904. The Kier molecular flexibility index (Phi) is 5.36. The molecule has 1 saturated heterocycles. The van der Waals surface area contributed by atoms with Gasteiger partial charge in [0, 0.05) is 30.3 Å². The third-order valence-electron chi connectivity index (χ3n) is 4.77. The Labute approximate surface area is 147 Å². The molecule has 0 spiro atoms. The Bertz CT molecular complexity index is 727. The van der Waals surface area contributed by atoms with Crippen molar-refractivity contribution in [1.29, 1.82) is 0 Å². The topological polar surface area (TPSA) is 58.2 Å². The van der Waals surface area contributed by atoms with Crippen molar-refractivity contribution < 1.29 is 13.9 Å². The summed E-state index contributed by atoms with van der Waals surface area (Å²) in [4.78, 5) is 14.6. The number of H-pyrrole nitrogens is 1. The van der Waals surface area contributed by atoms with Crippen LogP contribution in [0.15, 0.2) is 24.3 Å². The van der Waals surface area contributed by atoms with Gasteiger partial charge in [0.05, 0.1) is 6.61 Å². The molecule has 0 unspecified atom stereocenters. The lowest BCUT2D eigenvalue weighted by molar-refractivity contribution is 0.0626. The summed E-state index contributed by atoms with van der Waals surface area (Å²) < 4.78 is 18.7. The van der Waals surface area contributed by atoms with Crippen LogP contribution in [0.3, 0.4) is 0 Å².